The van der Waals surface area contributed by atoms with Crippen LogP contribution < -0.4 is 20.1 Å². The van der Waals surface area contributed by atoms with Gasteiger partial charge in [-0.3, -0.25) is 9.59 Å². The summed E-state index contributed by atoms with van der Waals surface area (Å²) in [4.78, 5) is 22.3. The summed E-state index contributed by atoms with van der Waals surface area (Å²) in [6, 6.07) is 5.44. The Morgan fingerprint density at radius 2 is 1.91 bits per heavy atom. The third-order valence-electron chi connectivity index (χ3n) is 2.71. The fourth-order valence-electron chi connectivity index (χ4n) is 1.72. The highest BCUT2D eigenvalue weighted by atomic mass is 16.5. The number of amides is 2. The Morgan fingerprint density at radius 3 is 2.55 bits per heavy atom. The topological polar surface area (TPSA) is 76.7 Å². The van der Waals surface area contributed by atoms with Gasteiger partial charge in [0.25, 0.3) is 0 Å². The molecule has 1 aromatic rings. The van der Waals surface area contributed by atoms with Gasteiger partial charge in [0.15, 0.2) is 11.5 Å². The largest absolute Gasteiger partial charge is 0.493 e. The maximum Gasteiger partial charge on any atom is 0.244 e. The van der Waals surface area contributed by atoms with E-state index in [0.717, 1.165) is 5.56 Å². The molecule has 2 amide bonds. The lowest BCUT2D eigenvalue weighted by Crippen LogP contribution is -2.32. The molecule has 0 aliphatic rings. The lowest BCUT2D eigenvalue weighted by Gasteiger charge is -2.09. The zero-order chi connectivity index (χ0) is 16.4. The van der Waals surface area contributed by atoms with Crippen molar-refractivity contribution < 1.29 is 19.1 Å². The molecule has 0 saturated heterocycles. The zero-order valence-corrected chi connectivity index (χ0v) is 13.1. The van der Waals surface area contributed by atoms with Gasteiger partial charge in [0.1, 0.15) is 0 Å². The molecule has 0 aromatic heterocycles. The van der Waals surface area contributed by atoms with Crippen LogP contribution in [0.2, 0.25) is 0 Å². The summed E-state index contributed by atoms with van der Waals surface area (Å²) in [5.41, 5.74) is 0.831. The van der Waals surface area contributed by atoms with E-state index < -0.39 is 0 Å². The molecule has 0 saturated carbocycles. The van der Waals surface area contributed by atoms with Gasteiger partial charge in [-0.2, -0.15) is 0 Å². The Morgan fingerprint density at radius 1 is 1.18 bits per heavy atom. The standard InChI is InChI=1S/C16H22N2O4/c1-4-22-14-7-5-13(11-15(14)21-3)6-8-16(20)18-10-9-17-12(2)19/h5-8,11H,4,9-10H2,1-3H3,(H,17,19)(H,18,20)/b8-6+. The van der Waals surface area contributed by atoms with Crippen LogP contribution in [0.15, 0.2) is 24.3 Å². The van der Waals surface area contributed by atoms with Gasteiger partial charge in [0.2, 0.25) is 11.8 Å². The molecule has 0 heterocycles. The Labute approximate surface area is 130 Å². The van der Waals surface area contributed by atoms with E-state index in [1.807, 2.05) is 13.0 Å². The summed E-state index contributed by atoms with van der Waals surface area (Å²) in [5.74, 6) is 0.946. The predicted octanol–water partition coefficient (Wildman–Crippen LogP) is 1.36. The Hall–Kier alpha value is -2.50. The third kappa shape index (κ3) is 6.30. The van der Waals surface area contributed by atoms with E-state index in [1.54, 1.807) is 25.3 Å². The van der Waals surface area contributed by atoms with E-state index in [9.17, 15) is 9.59 Å². The van der Waals surface area contributed by atoms with Crippen molar-refractivity contribution in [2.24, 2.45) is 0 Å². The van der Waals surface area contributed by atoms with E-state index in [4.69, 9.17) is 9.47 Å². The Kier molecular flexibility index (Phi) is 7.53. The van der Waals surface area contributed by atoms with Crippen LogP contribution >= 0.6 is 0 Å². The molecule has 0 atom stereocenters. The SMILES string of the molecule is CCOc1ccc(/C=C/C(=O)NCCNC(C)=O)cc1OC. The van der Waals surface area contributed by atoms with Crippen molar-refractivity contribution >= 4 is 17.9 Å². The highest BCUT2D eigenvalue weighted by Gasteiger charge is 2.04. The van der Waals surface area contributed by atoms with Crippen molar-refractivity contribution in [2.45, 2.75) is 13.8 Å². The summed E-state index contributed by atoms with van der Waals surface area (Å²) >= 11 is 0. The molecule has 0 spiro atoms. The van der Waals surface area contributed by atoms with Gasteiger partial charge in [0, 0.05) is 26.1 Å². The highest BCUT2D eigenvalue weighted by molar-refractivity contribution is 5.91. The second-order valence-corrected chi connectivity index (χ2v) is 4.45. The molecular formula is C16H22N2O4. The smallest absolute Gasteiger partial charge is 0.244 e. The van der Waals surface area contributed by atoms with Crippen LogP contribution in [0.25, 0.3) is 6.08 Å². The molecule has 120 valence electrons. The highest BCUT2D eigenvalue weighted by Crippen LogP contribution is 2.28. The van der Waals surface area contributed by atoms with E-state index >= 15 is 0 Å². The number of rotatable bonds is 8. The van der Waals surface area contributed by atoms with E-state index in [0.29, 0.717) is 31.2 Å². The number of nitrogens with one attached hydrogen (secondary N) is 2. The van der Waals surface area contributed by atoms with Crippen LogP contribution in [0.1, 0.15) is 19.4 Å². The van der Waals surface area contributed by atoms with Gasteiger partial charge in [-0.1, -0.05) is 6.07 Å². The van der Waals surface area contributed by atoms with Crippen molar-refractivity contribution in [3.8, 4) is 11.5 Å². The molecule has 1 aromatic carbocycles. The molecule has 0 aliphatic heterocycles. The number of carbonyl (C=O) groups excluding carboxylic acids is 2. The number of ether oxygens (including phenoxy) is 2. The van der Waals surface area contributed by atoms with Crippen LogP contribution in [0.5, 0.6) is 11.5 Å². The lowest BCUT2D eigenvalue weighted by molar-refractivity contribution is -0.119. The molecule has 6 nitrogen and oxygen atoms in total. The van der Waals surface area contributed by atoms with Gasteiger partial charge >= 0.3 is 0 Å². The fraction of sp³-hybridized carbons (Fsp3) is 0.375. The van der Waals surface area contributed by atoms with Crippen molar-refractivity contribution in [2.75, 3.05) is 26.8 Å². The molecule has 0 bridgehead atoms. The molecule has 0 fully saturated rings. The first-order valence-corrected chi connectivity index (χ1v) is 7.08. The van der Waals surface area contributed by atoms with Gasteiger partial charge in [-0.25, -0.2) is 0 Å². The summed E-state index contributed by atoms with van der Waals surface area (Å²) < 4.78 is 10.7. The van der Waals surface area contributed by atoms with Crippen molar-refractivity contribution in [3.05, 3.63) is 29.8 Å². The number of hydrogen-bond acceptors (Lipinski definition) is 4. The normalized spacial score (nSPS) is 10.3. The summed E-state index contributed by atoms with van der Waals surface area (Å²) in [5, 5.41) is 5.27. The Bertz CT molecular complexity index is 541. The minimum Gasteiger partial charge on any atom is -0.493 e. The first kappa shape index (κ1) is 17.6. The minimum atomic E-state index is -0.224. The van der Waals surface area contributed by atoms with Gasteiger partial charge in [0.05, 0.1) is 13.7 Å². The van der Waals surface area contributed by atoms with Crippen LogP contribution in [0, 0.1) is 0 Å². The molecule has 0 unspecified atom stereocenters. The van der Waals surface area contributed by atoms with E-state index in [2.05, 4.69) is 10.6 Å². The predicted molar refractivity (Wildman–Crippen MR) is 84.9 cm³/mol. The second-order valence-electron chi connectivity index (χ2n) is 4.45. The summed E-state index contributed by atoms with van der Waals surface area (Å²) in [7, 11) is 1.57. The lowest BCUT2D eigenvalue weighted by atomic mass is 10.2. The van der Waals surface area contributed by atoms with E-state index in [1.165, 1.54) is 13.0 Å². The van der Waals surface area contributed by atoms with Gasteiger partial charge in [-0.15, -0.1) is 0 Å². The van der Waals surface area contributed by atoms with Crippen LogP contribution in [0.3, 0.4) is 0 Å². The maximum absolute atomic E-state index is 11.6. The Balaban J connectivity index is 2.54. The first-order chi connectivity index (χ1) is 10.6. The third-order valence-corrected chi connectivity index (χ3v) is 2.71. The summed E-state index contributed by atoms with van der Waals surface area (Å²) in [6.45, 7) is 4.68. The van der Waals surface area contributed by atoms with Crippen molar-refractivity contribution in [1.29, 1.82) is 0 Å². The number of benzene rings is 1. The van der Waals surface area contributed by atoms with Crippen molar-refractivity contribution in [3.63, 3.8) is 0 Å². The van der Waals surface area contributed by atoms with E-state index in [-0.39, 0.29) is 11.8 Å². The van der Waals surface area contributed by atoms with Crippen LogP contribution in [0.4, 0.5) is 0 Å². The molecule has 22 heavy (non-hydrogen) atoms. The van der Waals surface area contributed by atoms with Gasteiger partial charge < -0.3 is 20.1 Å². The molecule has 1 rings (SSSR count). The molecular weight excluding hydrogens is 284 g/mol. The molecule has 6 heteroatoms. The number of methoxy groups -OCH3 is 1. The average Bonchev–Trinajstić information content (AvgIpc) is 2.50. The zero-order valence-electron chi connectivity index (χ0n) is 13.1. The number of hydrogen-bond donors (Lipinski definition) is 2. The fourth-order valence-corrected chi connectivity index (χ4v) is 1.72. The first-order valence-electron chi connectivity index (χ1n) is 7.08. The monoisotopic (exact) mass is 306 g/mol. The minimum absolute atomic E-state index is 0.119. The average molecular weight is 306 g/mol. The van der Waals surface area contributed by atoms with Crippen molar-refractivity contribution in [1.82, 2.24) is 10.6 Å². The van der Waals surface area contributed by atoms with Crippen LogP contribution in [-0.2, 0) is 9.59 Å². The molecule has 0 radical (unpaired) electrons. The number of carbonyl (C=O) groups is 2. The quantitative estimate of drug-likeness (QED) is 0.561. The van der Waals surface area contributed by atoms with Crippen LogP contribution in [-0.4, -0.2) is 38.6 Å². The van der Waals surface area contributed by atoms with Gasteiger partial charge in [-0.05, 0) is 30.7 Å². The second kappa shape index (κ2) is 9.44. The maximum atomic E-state index is 11.6. The molecule has 2 N–H and O–H groups in total. The molecule has 0 aliphatic carbocycles. The summed E-state index contributed by atoms with van der Waals surface area (Å²) in [6.07, 6.45) is 3.12.